The Balaban J connectivity index is 1.75. The summed E-state index contributed by atoms with van der Waals surface area (Å²) in [6.07, 6.45) is -1.16. The van der Waals surface area contributed by atoms with Gasteiger partial charge >= 0.3 is 6.09 Å². The number of anilines is 2. The molecule has 3 N–H and O–H groups in total. The maximum absolute atomic E-state index is 13.6. The summed E-state index contributed by atoms with van der Waals surface area (Å²) in [5.41, 5.74) is 1.72. The summed E-state index contributed by atoms with van der Waals surface area (Å²) >= 11 is 8.49. The largest absolute Gasteiger partial charge is 0.465 e. The predicted molar refractivity (Wildman–Crippen MR) is 138 cm³/mol. The molecule has 1 aliphatic heterocycles. The topological polar surface area (TPSA) is 110 Å². The van der Waals surface area contributed by atoms with Gasteiger partial charge in [-0.15, -0.1) is 0 Å². The van der Waals surface area contributed by atoms with Crippen LogP contribution in [0.3, 0.4) is 0 Å². The molecular formula is C24H18ClIN4O4. The molecule has 1 aromatic heterocycles. The van der Waals surface area contributed by atoms with Crippen molar-refractivity contribution in [2.75, 3.05) is 16.8 Å². The third-order valence-electron chi connectivity index (χ3n) is 6.06. The molecule has 0 aliphatic carbocycles. The molecule has 2 heterocycles. The number of hydrogen-bond donors (Lipinski definition) is 3. The van der Waals surface area contributed by atoms with Crippen molar-refractivity contribution in [3.05, 3.63) is 85.4 Å². The number of H-pyrrole nitrogens is 1. The van der Waals surface area contributed by atoms with E-state index in [1.54, 1.807) is 54.6 Å². The number of nitrogens with one attached hydrogen (secondary N) is 1. The number of carbonyl (C=O) groups excluding carboxylic acids is 1. The van der Waals surface area contributed by atoms with Crippen LogP contribution >= 0.6 is 34.2 Å². The molecule has 4 aromatic rings. The molecular weight excluding hydrogens is 571 g/mol. The van der Waals surface area contributed by atoms with E-state index in [1.165, 1.54) is 11.9 Å². The molecule has 5 rings (SSSR count). The van der Waals surface area contributed by atoms with Crippen LogP contribution in [0.15, 0.2) is 54.6 Å². The van der Waals surface area contributed by atoms with E-state index in [0.29, 0.717) is 38.4 Å². The van der Waals surface area contributed by atoms with E-state index >= 15 is 0 Å². The number of carboxylic acid groups (broad SMARTS) is 1. The van der Waals surface area contributed by atoms with E-state index in [2.05, 4.69) is 32.6 Å². The summed E-state index contributed by atoms with van der Waals surface area (Å²) in [7, 11) is 1.38. The number of carbonyl (C=O) groups is 2. The lowest BCUT2D eigenvalue weighted by Gasteiger charge is -2.36. The summed E-state index contributed by atoms with van der Waals surface area (Å²) in [6.45, 7) is 1.87. The monoisotopic (exact) mass is 588 g/mol. The van der Waals surface area contributed by atoms with E-state index in [4.69, 9.17) is 11.6 Å². The smallest absolute Gasteiger partial charge is 0.413 e. The summed E-state index contributed by atoms with van der Waals surface area (Å²) in [5, 5.41) is 22.0. The average Bonchev–Trinajstić information content (AvgIpc) is 3.33. The van der Waals surface area contributed by atoms with Crippen molar-refractivity contribution in [3.63, 3.8) is 0 Å². The van der Waals surface area contributed by atoms with Gasteiger partial charge in [0.05, 0.1) is 16.7 Å². The molecule has 8 nitrogen and oxygen atoms in total. The lowest BCUT2D eigenvalue weighted by molar-refractivity contribution is 0.0703. The van der Waals surface area contributed by atoms with E-state index in [9.17, 15) is 19.8 Å². The second-order valence-corrected chi connectivity index (χ2v) is 9.62. The van der Waals surface area contributed by atoms with Crippen LogP contribution in [-0.4, -0.2) is 39.2 Å². The van der Waals surface area contributed by atoms with Crippen molar-refractivity contribution in [3.8, 4) is 0 Å². The highest BCUT2D eigenvalue weighted by molar-refractivity contribution is 14.1. The number of halogens is 2. The van der Waals surface area contributed by atoms with Crippen molar-refractivity contribution in [2.24, 2.45) is 0 Å². The van der Waals surface area contributed by atoms with Gasteiger partial charge in [0.15, 0.2) is 5.72 Å². The van der Waals surface area contributed by atoms with Crippen molar-refractivity contribution in [1.82, 2.24) is 9.97 Å². The Hall–Kier alpha value is -3.15. The molecule has 0 saturated heterocycles. The normalized spacial score (nSPS) is 17.3. The number of benzene rings is 3. The molecule has 0 fully saturated rings. The van der Waals surface area contributed by atoms with Crippen LogP contribution in [0.1, 0.15) is 27.0 Å². The van der Waals surface area contributed by atoms with Crippen LogP contribution in [0.25, 0.3) is 11.0 Å². The number of amides is 2. The molecule has 172 valence electrons. The highest BCUT2D eigenvalue weighted by Gasteiger charge is 2.51. The number of aromatic nitrogens is 2. The first-order valence-electron chi connectivity index (χ1n) is 10.2. The van der Waals surface area contributed by atoms with Gasteiger partial charge in [-0.05, 0) is 65.4 Å². The molecule has 1 atom stereocenters. The van der Waals surface area contributed by atoms with Crippen LogP contribution in [0.5, 0.6) is 0 Å². The predicted octanol–water partition coefficient (Wildman–Crippen LogP) is 5.10. The summed E-state index contributed by atoms with van der Waals surface area (Å²) in [4.78, 5) is 34.6. The van der Waals surface area contributed by atoms with Gasteiger partial charge in [0.1, 0.15) is 0 Å². The van der Waals surface area contributed by atoms with Gasteiger partial charge in [-0.25, -0.2) is 9.78 Å². The highest BCUT2D eigenvalue weighted by Crippen LogP contribution is 2.47. The SMILES string of the molecule is Cc1c(I)cc(Cl)cc1N1C(=O)c2ccccc2C1(O)c1ccc2[nH]c(N(C)C(=O)O)nc2c1. The standard InChI is InChI=1S/C24H18ClIN4O4/c1-12-17(26)10-14(25)11-20(12)30-21(31)15-5-3-4-6-16(15)24(30,34)13-7-8-18-19(9-13)28-22(27-18)29(2)23(32)33/h3-11,34H,1-2H3,(H,27,28)(H,32,33). The number of aromatic amines is 1. The van der Waals surface area contributed by atoms with Crippen LogP contribution in [0, 0.1) is 10.5 Å². The number of rotatable bonds is 3. The second kappa shape index (κ2) is 7.97. The van der Waals surface area contributed by atoms with Gasteiger partial charge in [-0.2, -0.15) is 0 Å². The van der Waals surface area contributed by atoms with Gasteiger partial charge in [-0.1, -0.05) is 35.9 Å². The molecule has 0 radical (unpaired) electrons. The number of aliphatic hydroxyl groups is 1. The summed E-state index contributed by atoms with van der Waals surface area (Å²) in [6, 6.07) is 15.4. The summed E-state index contributed by atoms with van der Waals surface area (Å²) < 4.78 is 0.857. The zero-order chi connectivity index (χ0) is 24.4. The number of nitrogens with zero attached hydrogens (tertiary/aromatic N) is 3. The molecule has 10 heteroatoms. The van der Waals surface area contributed by atoms with Crippen LogP contribution in [0.2, 0.25) is 5.02 Å². The zero-order valence-electron chi connectivity index (χ0n) is 18.0. The molecule has 0 spiro atoms. The molecule has 3 aromatic carbocycles. The third-order valence-corrected chi connectivity index (χ3v) is 7.40. The second-order valence-electron chi connectivity index (χ2n) is 8.02. The lowest BCUT2D eigenvalue weighted by atomic mass is 9.93. The van der Waals surface area contributed by atoms with Gasteiger partial charge in [0.2, 0.25) is 5.95 Å². The first-order chi connectivity index (χ1) is 16.1. The van der Waals surface area contributed by atoms with E-state index in [-0.39, 0.29) is 11.9 Å². The Morgan fingerprint density at radius 1 is 1.21 bits per heavy atom. The molecule has 0 bridgehead atoms. The first-order valence-corrected chi connectivity index (χ1v) is 11.7. The Bertz CT molecular complexity index is 1500. The minimum absolute atomic E-state index is 0.145. The molecule has 0 saturated carbocycles. The van der Waals surface area contributed by atoms with Crippen LogP contribution in [0.4, 0.5) is 16.4 Å². The maximum Gasteiger partial charge on any atom is 0.413 e. The first kappa shape index (κ1) is 22.6. The maximum atomic E-state index is 13.6. The fourth-order valence-electron chi connectivity index (χ4n) is 4.25. The van der Waals surface area contributed by atoms with E-state index in [1.807, 2.05) is 6.92 Å². The van der Waals surface area contributed by atoms with Gasteiger partial charge in [-0.3, -0.25) is 14.6 Å². The quantitative estimate of drug-likeness (QED) is 0.289. The Morgan fingerprint density at radius 2 is 1.94 bits per heavy atom. The van der Waals surface area contributed by atoms with Gasteiger partial charge in [0, 0.05) is 32.3 Å². The van der Waals surface area contributed by atoms with E-state index < -0.39 is 11.8 Å². The molecule has 2 amide bonds. The highest BCUT2D eigenvalue weighted by atomic mass is 127. The Kier molecular flexibility index (Phi) is 5.30. The Morgan fingerprint density at radius 3 is 2.68 bits per heavy atom. The van der Waals surface area contributed by atoms with E-state index in [0.717, 1.165) is 14.0 Å². The lowest BCUT2D eigenvalue weighted by Crippen LogP contribution is -2.45. The fourth-order valence-corrected chi connectivity index (χ4v) is 5.26. The van der Waals surface area contributed by atoms with Crippen molar-refractivity contribution >= 4 is 68.9 Å². The average molecular weight is 589 g/mol. The minimum atomic E-state index is -1.84. The van der Waals surface area contributed by atoms with Gasteiger partial charge in [0.25, 0.3) is 5.91 Å². The fraction of sp³-hybridized carbons (Fsp3) is 0.125. The molecule has 34 heavy (non-hydrogen) atoms. The number of hydrogen-bond acceptors (Lipinski definition) is 4. The number of fused-ring (bicyclic) bond motifs is 2. The molecule has 1 aliphatic rings. The van der Waals surface area contributed by atoms with Crippen LogP contribution < -0.4 is 9.80 Å². The zero-order valence-corrected chi connectivity index (χ0v) is 20.9. The van der Waals surface area contributed by atoms with Crippen molar-refractivity contribution in [1.29, 1.82) is 0 Å². The third kappa shape index (κ3) is 3.26. The van der Waals surface area contributed by atoms with Crippen molar-refractivity contribution in [2.45, 2.75) is 12.6 Å². The molecule has 1 unspecified atom stereocenters. The number of imidazole rings is 1. The van der Waals surface area contributed by atoms with Crippen LogP contribution in [-0.2, 0) is 5.72 Å². The van der Waals surface area contributed by atoms with Crippen molar-refractivity contribution < 1.29 is 19.8 Å². The van der Waals surface area contributed by atoms with Gasteiger partial charge < -0.3 is 15.2 Å². The Labute approximate surface area is 212 Å². The summed E-state index contributed by atoms with van der Waals surface area (Å²) in [5.74, 6) is -0.209. The minimum Gasteiger partial charge on any atom is -0.465 e.